The molecule has 73 valence electrons. The van der Waals surface area contributed by atoms with Crippen LogP contribution in [0.4, 0.5) is 0 Å². The largest absolute Gasteiger partial charge is 0.0844 e. The zero-order chi connectivity index (χ0) is 9.90. The fourth-order valence-corrected chi connectivity index (χ4v) is 1.12. The highest BCUT2D eigenvalue weighted by Gasteiger charge is 1.76. The van der Waals surface area contributed by atoms with Crippen LogP contribution in [0.3, 0.4) is 0 Å². The first-order valence-corrected chi connectivity index (χ1v) is 5.12. The average Bonchev–Trinajstić information content (AvgIpc) is 2.22. The van der Waals surface area contributed by atoms with Crippen LogP contribution in [0.1, 0.15) is 19.3 Å². The molecule has 0 atom stereocenters. The molecular weight excluding hydrogens is 168 g/mol. The number of hydrogen-bond acceptors (Lipinski definition) is 0. The normalized spacial score (nSPS) is 29.7. The van der Waals surface area contributed by atoms with Gasteiger partial charge in [0.25, 0.3) is 0 Å². The highest BCUT2D eigenvalue weighted by atomic mass is 13.8. The lowest BCUT2D eigenvalue weighted by Gasteiger charge is -1.86. The summed E-state index contributed by atoms with van der Waals surface area (Å²) in [5.41, 5.74) is 0. The molecule has 0 heterocycles. The van der Waals surface area contributed by atoms with Crippen LogP contribution in [0.2, 0.25) is 0 Å². The molecule has 0 amide bonds. The van der Waals surface area contributed by atoms with Gasteiger partial charge in [-0.15, -0.1) is 0 Å². The molecule has 0 unspecified atom stereocenters. The van der Waals surface area contributed by atoms with Crippen molar-refractivity contribution in [2.45, 2.75) is 19.3 Å². The van der Waals surface area contributed by atoms with Gasteiger partial charge in [0.05, 0.1) is 0 Å². The summed E-state index contributed by atoms with van der Waals surface area (Å²) >= 11 is 0. The Labute approximate surface area is 87.0 Å². The Morgan fingerprint density at radius 1 is 0.429 bits per heavy atom. The molecule has 0 aliphatic heterocycles. The smallest absolute Gasteiger partial charge is 0.0130 e. The Morgan fingerprint density at radius 3 is 1.71 bits per heavy atom. The maximum Gasteiger partial charge on any atom is -0.0130 e. The molecule has 0 aromatic heterocycles. The average molecular weight is 185 g/mol. The van der Waals surface area contributed by atoms with E-state index in [1.165, 1.54) is 0 Å². The molecule has 14 heavy (non-hydrogen) atoms. The quantitative estimate of drug-likeness (QED) is 0.497. The second-order valence-corrected chi connectivity index (χ2v) is 3.08. The number of rotatable bonds is 0. The minimum atomic E-state index is 1.00. The van der Waals surface area contributed by atoms with E-state index in [1.807, 2.05) is 0 Å². The summed E-state index contributed by atoms with van der Waals surface area (Å²) in [5, 5.41) is 0. The van der Waals surface area contributed by atoms with E-state index >= 15 is 0 Å². The van der Waals surface area contributed by atoms with Crippen LogP contribution in [0.5, 0.6) is 0 Å². The van der Waals surface area contributed by atoms with E-state index in [4.69, 9.17) is 0 Å². The second-order valence-electron chi connectivity index (χ2n) is 3.08. The van der Waals surface area contributed by atoms with Gasteiger partial charge in [-0.2, -0.15) is 0 Å². The van der Waals surface area contributed by atoms with Crippen molar-refractivity contribution in [1.29, 1.82) is 0 Å². The molecule has 0 aromatic rings. The lowest BCUT2D eigenvalue weighted by Crippen LogP contribution is -1.66. The van der Waals surface area contributed by atoms with Gasteiger partial charge in [0, 0.05) is 0 Å². The van der Waals surface area contributed by atoms with Crippen LogP contribution in [0.25, 0.3) is 0 Å². The van der Waals surface area contributed by atoms with Crippen LogP contribution < -0.4 is 0 Å². The van der Waals surface area contributed by atoms with Crippen molar-refractivity contribution in [2.24, 2.45) is 0 Å². The van der Waals surface area contributed by atoms with Gasteiger partial charge in [0.2, 0.25) is 0 Å². The van der Waals surface area contributed by atoms with Crippen molar-refractivity contribution in [3.63, 3.8) is 0 Å². The molecule has 0 nitrogen and oxygen atoms in total. The topological polar surface area (TPSA) is 0 Å². The summed E-state index contributed by atoms with van der Waals surface area (Å²) in [4.78, 5) is 0. The van der Waals surface area contributed by atoms with E-state index in [9.17, 15) is 0 Å². The van der Waals surface area contributed by atoms with Crippen LogP contribution in [0.15, 0.2) is 60.8 Å². The van der Waals surface area contributed by atoms with Crippen LogP contribution in [0, 0.1) is 6.42 Å². The second kappa shape index (κ2) is 8.31. The first kappa shape index (κ1) is 10.8. The Morgan fingerprint density at radius 2 is 1.00 bits per heavy atom. The van der Waals surface area contributed by atoms with Crippen molar-refractivity contribution in [2.75, 3.05) is 0 Å². The van der Waals surface area contributed by atoms with Crippen LogP contribution >= 0.6 is 0 Å². The van der Waals surface area contributed by atoms with Crippen molar-refractivity contribution >= 4 is 0 Å². The SMILES string of the molecule is [CH]1/C=C/C=C\C/C=C\C/C=C\C=C\C1. The third-order valence-corrected chi connectivity index (χ3v) is 1.86. The van der Waals surface area contributed by atoms with E-state index < -0.39 is 0 Å². The summed E-state index contributed by atoms with van der Waals surface area (Å²) < 4.78 is 0. The Bertz CT molecular complexity index is 234. The van der Waals surface area contributed by atoms with Gasteiger partial charge in [-0.3, -0.25) is 0 Å². The van der Waals surface area contributed by atoms with Crippen LogP contribution in [-0.4, -0.2) is 0 Å². The molecule has 0 saturated heterocycles. The molecule has 0 bridgehead atoms. The third kappa shape index (κ3) is 6.24. The van der Waals surface area contributed by atoms with E-state index in [0.29, 0.717) is 0 Å². The summed E-state index contributed by atoms with van der Waals surface area (Å²) in [5.74, 6) is 0. The molecular formula is C14H17. The zero-order valence-corrected chi connectivity index (χ0v) is 8.47. The van der Waals surface area contributed by atoms with Gasteiger partial charge in [0.15, 0.2) is 0 Å². The fourth-order valence-electron chi connectivity index (χ4n) is 1.12. The van der Waals surface area contributed by atoms with Crippen molar-refractivity contribution < 1.29 is 0 Å². The first-order valence-electron chi connectivity index (χ1n) is 5.12. The fraction of sp³-hybridized carbons (Fsp3) is 0.214. The van der Waals surface area contributed by atoms with Crippen molar-refractivity contribution in [1.82, 2.24) is 0 Å². The van der Waals surface area contributed by atoms with Crippen molar-refractivity contribution in [3.8, 4) is 0 Å². The van der Waals surface area contributed by atoms with E-state index in [1.54, 1.807) is 0 Å². The maximum absolute atomic E-state index is 2.19. The molecule has 0 aromatic carbocycles. The maximum atomic E-state index is 2.19. The molecule has 1 aliphatic carbocycles. The Hall–Kier alpha value is -1.30. The lowest BCUT2D eigenvalue weighted by atomic mass is 10.2. The predicted octanol–water partition coefficient (Wildman–Crippen LogP) is 4.16. The van der Waals surface area contributed by atoms with Gasteiger partial charge in [-0.1, -0.05) is 60.8 Å². The third-order valence-electron chi connectivity index (χ3n) is 1.86. The van der Waals surface area contributed by atoms with Crippen LogP contribution in [-0.2, 0) is 0 Å². The first-order chi connectivity index (χ1) is 7.00. The molecule has 0 heteroatoms. The highest BCUT2D eigenvalue weighted by molar-refractivity contribution is 5.12. The molecule has 0 fully saturated rings. The van der Waals surface area contributed by atoms with Gasteiger partial charge in [-0.05, 0) is 25.7 Å². The van der Waals surface area contributed by atoms with E-state index in [0.717, 1.165) is 19.3 Å². The molecule has 0 spiro atoms. The zero-order valence-electron chi connectivity index (χ0n) is 8.47. The molecule has 0 N–H and O–H groups in total. The minimum absolute atomic E-state index is 1.00. The molecule has 1 aliphatic rings. The molecule has 1 radical (unpaired) electrons. The summed E-state index contributed by atoms with van der Waals surface area (Å²) in [6.07, 6.45) is 26.5. The minimum Gasteiger partial charge on any atom is -0.0844 e. The Balaban J connectivity index is 2.45. The summed E-state index contributed by atoms with van der Waals surface area (Å²) in [6.45, 7) is 0. The van der Waals surface area contributed by atoms with E-state index in [-0.39, 0.29) is 0 Å². The Kier molecular flexibility index (Phi) is 6.39. The van der Waals surface area contributed by atoms with E-state index in [2.05, 4.69) is 67.2 Å². The summed E-state index contributed by atoms with van der Waals surface area (Å²) in [6, 6.07) is 0. The monoisotopic (exact) mass is 185 g/mol. The predicted molar refractivity (Wildman–Crippen MR) is 63.9 cm³/mol. The van der Waals surface area contributed by atoms with Crippen molar-refractivity contribution in [3.05, 3.63) is 67.2 Å². The number of hydrogen-bond donors (Lipinski definition) is 0. The molecule has 0 saturated carbocycles. The standard InChI is InChI=1S/C14H17/c1-2-4-6-8-10-12-14-13-11-9-7-5-3-1/h1-5,8-12,14H,6-7,13H2/b2-1+,5-3-,10-8+,11-9-,14-12-. The lowest BCUT2D eigenvalue weighted by molar-refractivity contribution is 1.28. The highest BCUT2D eigenvalue weighted by Crippen LogP contribution is 1.96. The molecule has 1 rings (SSSR count). The van der Waals surface area contributed by atoms with Gasteiger partial charge >= 0.3 is 0 Å². The number of allylic oxidation sites excluding steroid dienone is 10. The van der Waals surface area contributed by atoms with Gasteiger partial charge in [0.1, 0.15) is 0 Å². The summed E-state index contributed by atoms with van der Waals surface area (Å²) in [7, 11) is 0. The van der Waals surface area contributed by atoms with Gasteiger partial charge in [-0.25, -0.2) is 0 Å². The van der Waals surface area contributed by atoms with Gasteiger partial charge < -0.3 is 0 Å².